The topological polar surface area (TPSA) is 44.4 Å². The molecule has 0 heterocycles. The molecule has 0 spiro atoms. The number of anilines is 1. The van der Waals surface area contributed by atoms with Crippen molar-refractivity contribution in [3.8, 4) is 0 Å². The molecule has 0 aromatic heterocycles. The third-order valence-corrected chi connectivity index (χ3v) is 3.99. The Labute approximate surface area is 153 Å². The van der Waals surface area contributed by atoms with Crippen molar-refractivity contribution < 1.29 is 4.79 Å². The fourth-order valence-electron chi connectivity index (χ4n) is 2.02. The highest BCUT2D eigenvalue weighted by Crippen LogP contribution is 2.22. The number of hydrogen-bond donors (Lipinski definition) is 2. The molecule has 1 aromatic carbocycles. The summed E-state index contributed by atoms with van der Waals surface area (Å²) in [5.41, 5.74) is 2.84. The molecule has 1 rings (SSSR count). The zero-order valence-corrected chi connectivity index (χ0v) is 16.6. The van der Waals surface area contributed by atoms with E-state index in [2.05, 4.69) is 31.4 Å². The summed E-state index contributed by atoms with van der Waals surface area (Å²) in [6.07, 6.45) is 0. The van der Waals surface area contributed by atoms with Gasteiger partial charge in [0.15, 0.2) is 0 Å². The molecule has 0 radical (unpaired) electrons. The number of nitrogens with one attached hydrogen (secondary N) is 2. The number of halogens is 2. The molecule has 6 heteroatoms. The van der Waals surface area contributed by atoms with E-state index in [1.807, 2.05) is 39.2 Å². The fraction of sp³-hybridized carbons (Fsp3) is 0.588. The van der Waals surface area contributed by atoms with Gasteiger partial charge in [0.25, 0.3) is 5.91 Å². The molecule has 1 amide bonds. The molecular formula is C17H31Cl2N3O. The summed E-state index contributed by atoms with van der Waals surface area (Å²) >= 11 is 0. The van der Waals surface area contributed by atoms with Crippen molar-refractivity contribution in [1.82, 2.24) is 10.2 Å². The lowest BCUT2D eigenvalue weighted by Gasteiger charge is -2.23. The van der Waals surface area contributed by atoms with Crippen LogP contribution in [0, 0.1) is 12.8 Å². The van der Waals surface area contributed by atoms with Crippen molar-refractivity contribution in [3.05, 3.63) is 29.3 Å². The molecule has 1 atom stereocenters. The number of likely N-dealkylation sites (N-methyl/N-ethyl adjacent to an activating group) is 2. The van der Waals surface area contributed by atoms with E-state index >= 15 is 0 Å². The van der Waals surface area contributed by atoms with Crippen molar-refractivity contribution in [3.63, 3.8) is 0 Å². The highest BCUT2D eigenvalue weighted by molar-refractivity contribution is 5.96. The Morgan fingerprint density at radius 1 is 1.22 bits per heavy atom. The second-order valence-electron chi connectivity index (χ2n) is 5.99. The van der Waals surface area contributed by atoms with Gasteiger partial charge in [-0.3, -0.25) is 4.79 Å². The zero-order valence-electron chi connectivity index (χ0n) is 15.0. The Bertz CT molecular complexity index is 481. The van der Waals surface area contributed by atoms with Crippen molar-refractivity contribution in [2.24, 2.45) is 5.92 Å². The van der Waals surface area contributed by atoms with Crippen LogP contribution in [0.5, 0.6) is 0 Å². The number of carbonyl (C=O) groups excluding carboxylic acids is 1. The van der Waals surface area contributed by atoms with Gasteiger partial charge in [-0.25, -0.2) is 0 Å². The summed E-state index contributed by atoms with van der Waals surface area (Å²) in [5, 5.41) is 6.57. The van der Waals surface area contributed by atoms with Gasteiger partial charge in [-0.05, 0) is 44.5 Å². The van der Waals surface area contributed by atoms with Crippen LogP contribution in [0.2, 0.25) is 0 Å². The predicted octanol–water partition coefficient (Wildman–Crippen LogP) is 3.59. The van der Waals surface area contributed by atoms with Crippen LogP contribution in [-0.4, -0.2) is 44.0 Å². The van der Waals surface area contributed by atoms with E-state index < -0.39 is 0 Å². The Hall–Kier alpha value is -0.970. The van der Waals surface area contributed by atoms with Crippen molar-refractivity contribution in [2.45, 2.75) is 33.7 Å². The Morgan fingerprint density at radius 3 is 2.35 bits per heavy atom. The summed E-state index contributed by atoms with van der Waals surface area (Å²) in [6.45, 7) is 10.0. The van der Waals surface area contributed by atoms with E-state index in [0.29, 0.717) is 18.5 Å². The van der Waals surface area contributed by atoms with E-state index in [1.54, 1.807) is 4.90 Å². The van der Waals surface area contributed by atoms with E-state index in [4.69, 9.17) is 0 Å². The molecule has 0 fully saturated rings. The maximum Gasteiger partial charge on any atom is 0.253 e. The monoisotopic (exact) mass is 363 g/mol. The number of nitrogens with zero attached hydrogens (tertiary/aromatic N) is 1. The quantitative estimate of drug-likeness (QED) is 0.777. The molecule has 0 saturated heterocycles. The molecule has 0 aliphatic rings. The standard InChI is InChI=1S/C17H29N3O.2ClH/c1-12(2)14(4)19-16-9-7-8-15(13(16)3)17(21)20(6)11-10-18-5;;/h7-9,12,14,18-19H,10-11H2,1-6H3;2*1H. The minimum absolute atomic E-state index is 0. The van der Waals surface area contributed by atoms with Crippen molar-refractivity contribution >= 4 is 36.4 Å². The second kappa shape index (κ2) is 11.5. The first-order valence-electron chi connectivity index (χ1n) is 7.64. The highest BCUT2D eigenvalue weighted by Gasteiger charge is 2.16. The van der Waals surface area contributed by atoms with Crippen LogP contribution in [-0.2, 0) is 0 Å². The third kappa shape index (κ3) is 6.98. The number of amides is 1. The van der Waals surface area contributed by atoms with Crippen molar-refractivity contribution in [2.75, 3.05) is 32.5 Å². The predicted molar refractivity (Wildman–Crippen MR) is 104 cm³/mol. The summed E-state index contributed by atoms with van der Waals surface area (Å²) in [7, 11) is 3.73. The van der Waals surface area contributed by atoms with Gasteiger partial charge in [-0.15, -0.1) is 24.8 Å². The summed E-state index contributed by atoms with van der Waals surface area (Å²) < 4.78 is 0. The number of benzene rings is 1. The van der Waals surface area contributed by atoms with Gasteiger partial charge in [-0.1, -0.05) is 19.9 Å². The Balaban J connectivity index is 0. The SMILES string of the molecule is CNCCN(C)C(=O)c1cccc(NC(C)C(C)C)c1C.Cl.Cl. The molecule has 2 N–H and O–H groups in total. The van der Waals surface area contributed by atoms with Crippen LogP contribution >= 0.6 is 24.8 Å². The lowest BCUT2D eigenvalue weighted by Crippen LogP contribution is -2.33. The Morgan fingerprint density at radius 2 is 1.83 bits per heavy atom. The van der Waals surface area contributed by atoms with E-state index in [9.17, 15) is 4.79 Å². The van der Waals surface area contributed by atoms with E-state index in [0.717, 1.165) is 23.4 Å². The van der Waals surface area contributed by atoms with Crippen molar-refractivity contribution in [1.29, 1.82) is 0 Å². The molecule has 4 nitrogen and oxygen atoms in total. The molecule has 0 aliphatic heterocycles. The molecular weight excluding hydrogens is 333 g/mol. The van der Waals surface area contributed by atoms with Gasteiger partial charge in [0, 0.05) is 37.4 Å². The largest absolute Gasteiger partial charge is 0.382 e. The lowest BCUT2D eigenvalue weighted by molar-refractivity contribution is 0.0796. The van der Waals surface area contributed by atoms with Gasteiger partial charge >= 0.3 is 0 Å². The molecule has 0 saturated carbocycles. The van der Waals surface area contributed by atoms with Crippen LogP contribution in [0.3, 0.4) is 0 Å². The number of rotatable bonds is 7. The zero-order chi connectivity index (χ0) is 16.0. The maximum atomic E-state index is 12.5. The van der Waals surface area contributed by atoms with Crippen LogP contribution in [0.4, 0.5) is 5.69 Å². The molecule has 134 valence electrons. The minimum atomic E-state index is 0. The van der Waals surface area contributed by atoms with E-state index in [1.165, 1.54) is 0 Å². The van der Waals surface area contributed by atoms with Gasteiger partial charge in [0.05, 0.1) is 0 Å². The van der Waals surface area contributed by atoms with Gasteiger partial charge in [-0.2, -0.15) is 0 Å². The fourth-order valence-corrected chi connectivity index (χ4v) is 2.02. The van der Waals surface area contributed by atoms with E-state index in [-0.39, 0.29) is 30.7 Å². The smallest absolute Gasteiger partial charge is 0.253 e. The van der Waals surface area contributed by atoms with Crippen LogP contribution in [0.15, 0.2) is 18.2 Å². The maximum absolute atomic E-state index is 12.5. The average molecular weight is 364 g/mol. The number of carbonyl (C=O) groups is 1. The molecule has 0 bridgehead atoms. The Kier molecular flexibility index (Phi) is 12.2. The lowest BCUT2D eigenvalue weighted by atomic mass is 10.0. The van der Waals surface area contributed by atoms with Crippen LogP contribution < -0.4 is 10.6 Å². The summed E-state index contributed by atoms with van der Waals surface area (Å²) in [6, 6.07) is 6.26. The first-order valence-corrected chi connectivity index (χ1v) is 7.64. The first-order chi connectivity index (χ1) is 9.88. The van der Waals surface area contributed by atoms with Gasteiger partial charge in [0.2, 0.25) is 0 Å². The van der Waals surface area contributed by atoms with Crippen LogP contribution in [0.25, 0.3) is 0 Å². The molecule has 0 aliphatic carbocycles. The third-order valence-electron chi connectivity index (χ3n) is 3.99. The summed E-state index contributed by atoms with van der Waals surface area (Å²) in [4.78, 5) is 14.3. The average Bonchev–Trinajstić information content (AvgIpc) is 2.45. The second-order valence-corrected chi connectivity index (χ2v) is 5.99. The molecule has 1 aromatic rings. The minimum Gasteiger partial charge on any atom is -0.382 e. The van der Waals surface area contributed by atoms with Gasteiger partial charge < -0.3 is 15.5 Å². The normalized spacial score (nSPS) is 11.3. The summed E-state index contributed by atoms with van der Waals surface area (Å²) in [5.74, 6) is 0.616. The van der Waals surface area contributed by atoms with Crippen LogP contribution in [0.1, 0.15) is 36.7 Å². The first kappa shape index (κ1) is 24.3. The number of hydrogen-bond acceptors (Lipinski definition) is 3. The molecule has 1 unspecified atom stereocenters. The van der Waals surface area contributed by atoms with Gasteiger partial charge in [0.1, 0.15) is 0 Å². The molecule has 23 heavy (non-hydrogen) atoms. The highest BCUT2D eigenvalue weighted by atomic mass is 35.5.